The van der Waals surface area contributed by atoms with Crippen LogP contribution in [0.4, 0.5) is 0 Å². The molecule has 0 aliphatic carbocycles. The number of rotatable bonds is 2. The Kier molecular flexibility index (Phi) is 3.08. The molecule has 0 aliphatic rings. The van der Waals surface area contributed by atoms with E-state index in [0.717, 1.165) is 15.6 Å². The normalized spacial score (nSPS) is 10.3. The lowest BCUT2D eigenvalue weighted by Crippen LogP contribution is -2.01. The predicted molar refractivity (Wildman–Crippen MR) is 63.1 cm³/mol. The first kappa shape index (κ1) is 10.3. The van der Waals surface area contributed by atoms with Crippen LogP contribution >= 0.6 is 15.9 Å². The monoisotopic (exact) mass is 263 g/mol. The van der Waals surface area contributed by atoms with Gasteiger partial charge in [0.15, 0.2) is 5.82 Å². The summed E-state index contributed by atoms with van der Waals surface area (Å²) >= 11 is 3.49. The van der Waals surface area contributed by atoms with E-state index in [2.05, 4.69) is 25.9 Å². The summed E-state index contributed by atoms with van der Waals surface area (Å²) < 4.78 is 0.969. The molecule has 0 fully saturated rings. The zero-order valence-corrected chi connectivity index (χ0v) is 9.61. The smallest absolute Gasteiger partial charge is 0.160 e. The van der Waals surface area contributed by atoms with Gasteiger partial charge in [0.25, 0.3) is 0 Å². The van der Waals surface area contributed by atoms with E-state index >= 15 is 0 Å². The number of nitrogens with zero attached hydrogens (tertiary/aromatic N) is 2. The first-order chi connectivity index (χ1) is 7.33. The summed E-state index contributed by atoms with van der Waals surface area (Å²) in [5, 5.41) is 0. The zero-order chi connectivity index (χ0) is 10.7. The number of benzene rings is 1. The highest BCUT2D eigenvalue weighted by atomic mass is 79.9. The number of hydrogen-bond donors (Lipinski definition) is 1. The number of nitrogens with two attached hydrogens (primary N) is 1. The molecule has 4 heteroatoms. The van der Waals surface area contributed by atoms with Gasteiger partial charge in [0, 0.05) is 29.0 Å². The molecule has 0 spiro atoms. The zero-order valence-electron chi connectivity index (χ0n) is 8.02. The molecule has 2 rings (SSSR count). The Morgan fingerprint density at radius 1 is 1.13 bits per heavy atom. The summed E-state index contributed by atoms with van der Waals surface area (Å²) in [6.45, 7) is 0.479. The molecule has 15 heavy (non-hydrogen) atoms. The Morgan fingerprint density at radius 2 is 1.87 bits per heavy atom. The van der Waals surface area contributed by atoms with Crippen LogP contribution in [0.1, 0.15) is 5.56 Å². The number of hydrogen-bond acceptors (Lipinski definition) is 3. The Bertz CT molecular complexity index is 457. The molecule has 0 bridgehead atoms. The fraction of sp³-hybridized carbons (Fsp3) is 0.0909. The van der Waals surface area contributed by atoms with Crippen LogP contribution in [-0.4, -0.2) is 9.97 Å². The minimum Gasteiger partial charge on any atom is -0.326 e. The first-order valence-corrected chi connectivity index (χ1v) is 5.37. The van der Waals surface area contributed by atoms with Gasteiger partial charge in [0.2, 0.25) is 0 Å². The van der Waals surface area contributed by atoms with Crippen LogP contribution in [0.3, 0.4) is 0 Å². The highest BCUT2D eigenvalue weighted by Gasteiger charge is 2.09. The lowest BCUT2D eigenvalue weighted by atomic mass is 10.1. The van der Waals surface area contributed by atoms with Crippen molar-refractivity contribution < 1.29 is 0 Å². The second kappa shape index (κ2) is 4.51. The van der Waals surface area contributed by atoms with E-state index in [0.29, 0.717) is 12.4 Å². The maximum atomic E-state index is 5.68. The predicted octanol–water partition coefficient (Wildman–Crippen LogP) is 2.36. The highest BCUT2D eigenvalue weighted by molar-refractivity contribution is 9.10. The number of halogens is 1. The van der Waals surface area contributed by atoms with Gasteiger partial charge in [0.1, 0.15) is 0 Å². The van der Waals surface area contributed by atoms with Crippen LogP contribution in [0, 0.1) is 0 Å². The Morgan fingerprint density at radius 3 is 2.53 bits per heavy atom. The molecule has 1 aromatic carbocycles. The molecule has 3 nitrogen and oxygen atoms in total. The van der Waals surface area contributed by atoms with E-state index in [1.54, 1.807) is 18.5 Å². The van der Waals surface area contributed by atoms with E-state index in [1.165, 1.54) is 0 Å². The summed E-state index contributed by atoms with van der Waals surface area (Å²) in [7, 11) is 0. The Labute approximate surface area is 96.5 Å². The fourth-order valence-corrected chi connectivity index (χ4v) is 2.00. The van der Waals surface area contributed by atoms with Crippen molar-refractivity contribution >= 4 is 15.9 Å². The second-order valence-corrected chi connectivity index (χ2v) is 3.90. The molecule has 0 aliphatic heterocycles. The molecule has 76 valence electrons. The van der Waals surface area contributed by atoms with E-state index < -0.39 is 0 Å². The minimum atomic E-state index is 0.479. The molecule has 0 amide bonds. The van der Waals surface area contributed by atoms with Crippen LogP contribution in [0.15, 0.2) is 41.1 Å². The van der Waals surface area contributed by atoms with E-state index in [9.17, 15) is 0 Å². The van der Waals surface area contributed by atoms with Crippen molar-refractivity contribution in [3.8, 4) is 11.4 Å². The summed E-state index contributed by atoms with van der Waals surface area (Å²) in [6, 6.07) is 7.70. The van der Waals surface area contributed by atoms with Crippen molar-refractivity contribution in [2.45, 2.75) is 6.54 Å². The van der Waals surface area contributed by atoms with E-state index in [-0.39, 0.29) is 0 Å². The summed E-state index contributed by atoms with van der Waals surface area (Å²) in [6.07, 6.45) is 3.45. The Hall–Kier alpha value is -1.26. The van der Waals surface area contributed by atoms with Crippen LogP contribution < -0.4 is 5.73 Å². The Balaban J connectivity index is 2.61. The summed E-state index contributed by atoms with van der Waals surface area (Å²) in [5.41, 5.74) is 7.69. The average Bonchev–Trinajstić information content (AvgIpc) is 2.29. The number of aromatic nitrogens is 2. The fourth-order valence-electron chi connectivity index (χ4n) is 1.42. The quantitative estimate of drug-likeness (QED) is 0.905. The third-order valence-electron chi connectivity index (χ3n) is 2.11. The molecule has 1 aromatic heterocycles. The molecule has 0 saturated carbocycles. The van der Waals surface area contributed by atoms with Crippen molar-refractivity contribution in [3.05, 3.63) is 46.7 Å². The van der Waals surface area contributed by atoms with Crippen molar-refractivity contribution in [2.75, 3.05) is 0 Å². The first-order valence-electron chi connectivity index (χ1n) is 4.58. The van der Waals surface area contributed by atoms with Gasteiger partial charge in [-0.1, -0.05) is 28.1 Å². The van der Waals surface area contributed by atoms with E-state index in [1.807, 2.05) is 18.2 Å². The van der Waals surface area contributed by atoms with Crippen molar-refractivity contribution in [3.63, 3.8) is 0 Å². The van der Waals surface area contributed by atoms with Gasteiger partial charge < -0.3 is 5.73 Å². The van der Waals surface area contributed by atoms with Gasteiger partial charge >= 0.3 is 0 Å². The van der Waals surface area contributed by atoms with Crippen molar-refractivity contribution in [2.24, 2.45) is 5.73 Å². The van der Waals surface area contributed by atoms with Gasteiger partial charge in [-0.2, -0.15) is 0 Å². The largest absolute Gasteiger partial charge is 0.326 e. The van der Waals surface area contributed by atoms with Crippen LogP contribution in [-0.2, 0) is 6.54 Å². The highest BCUT2D eigenvalue weighted by Crippen LogP contribution is 2.28. The molecule has 2 aromatic rings. The molecule has 0 unspecified atom stereocenters. The summed E-state index contributed by atoms with van der Waals surface area (Å²) in [4.78, 5) is 8.44. The topological polar surface area (TPSA) is 51.8 Å². The molecule has 0 atom stereocenters. The third-order valence-corrected chi connectivity index (χ3v) is 2.77. The lowest BCUT2D eigenvalue weighted by molar-refractivity contribution is 1.06. The van der Waals surface area contributed by atoms with Crippen molar-refractivity contribution in [1.29, 1.82) is 0 Å². The van der Waals surface area contributed by atoms with Gasteiger partial charge in [-0.3, -0.25) is 0 Å². The van der Waals surface area contributed by atoms with Crippen LogP contribution in [0.2, 0.25) is 0 Å². The SMILES string of the molecule is NCc1cccc(Br)c1-c1ncccn1. The van der Waals surface area contributed by atoms with Gasteiger partial charge in [-0.25, -0.2) is 9.97 Å². The van der Waals surface area contributed by atoms with Gasteiger partial charge in [-0.15, -0.1) is 0 Å². The third kappa shape index (κ3) is 2.06. The molecular formula is C11H10BrN3. The van der Waals surface area contributed by atoms with Crippen LogP contribution in [0.25, 0.3) is 11.4 Å². The van der Waals surface area contributed by atoms with Crippen molar-refractivity contribution in [1.82, 2.24) is 9.97 Å². The summed E-state index contributed by atoms with van der Waals surface area (Å²) in [5.74, 6) is 0.699. The maximum absolute atomic E-state index is 5.68. The second-order valence-electron chi connectivity index (χ2n) is 3.05. The lowest BCUT2D eigenvalue weighted by Gasteiger charge is -2.07. The molecule has 0 radical (unpaired) electrons. The molecule has 1 heterocycles. The maximum Gasteiger partial charge on any atom is 0.160 e. The van der Waals surface area contributed by atoms with Gasteiger partial charge in [0.05, 0.1) is 0 Å². The standard InChI is InChI=1S/C11H10BrN3/c12-9-4-1-3-8(7-13)10(9)11-14-5-2-6-15-11/h1-6H,7,13H2. The van der Waals surface area contributed by atoms with Crippen LogP contribution in [0.5, 0.6) is 0 Å². The molecular weight excluding hydrogens is 254 g/mol. The molecule has 2 N–H and O–H groups in total. The average molecular weight is 264 g/mol. The molecule has 0 saturated heterocycles. The minimum absolute atomic E-state index is 0.479. The van der Waals surface area contributed by atoms with Gasteiger partial charge in [-0.05, 0) is 17.7 Å². The van der Waals surface area contributed by atoms with E-state index in [4.69, 9.17) is 5.73 Å².